The van der Waals surface area contributed by atoms with Crippen molar-refractivity contribution in [3.8, 4) is 0 Å². The first kappa shape index (κ1) is 19.1. The number of aryl methyl sites for hydroxylation is 1. The third-order valence-corrected chi connectivity index (χ3v) is 9.63. The average molecular weight is 356 g/mol. The molecule has 1 fully saturated rings. The Labute approximate surface area is 143 Å². The molecule has 0 unspecified atom stereocenters. The van der Waals surface area contributed by atoms with Gasteiger partial charge in [-0.1, -0.05) is 20.8 Å². The van der Waals surface area contributed by atoms with Gasteiger partial charge in [-0.05, 0) is 25.1 Å². The van der Waals surface area contributed by atoms with Crippen LogP contribution in [-0.2, 0) is 9.16 Å². The highest BCUT2D eigenvalue weighted by Gasteiger charge is 2.44. The fourth-order valence-corrected chi connectivity index (χ4v) is 3.92. The molecule has 0 radical (unpaired) electrons. The molecule has 1 aliphatic rings. The van der Waals surface area contributed by atoms with Gasteiger partial charge in [0.2, 0.25) is 0 Å². The van der Waals surface area contributed by atoms with Crippen molar-refractivity contribution in [1.82, 2.24) is 9.55 Å². The van der Waals surface area contributed by atoms with E-state index in [9.17, 15) is 9.59 Å². The third-order valence-electron chi connectivity index (χ3n) is 5.12. The summed E-state index contributed by atoms with van der Waals surface area (Å²) >= 11 is 0. The van der Waals surface area contributed by atoms with E-state index in [0.29, 0.717) is 18.5 Å². The zero-order chi connectivity index (χ0) is 18.3. The van der Waals surface area contributed by atoms with Crippen molar-refractivity contribution in [2.75, 3.05) is 6.54 Å². The van der Waals surface area contributed by atoms with E-state index >= 15 is 0 Å². The lowest BCUT2D eigenvalue weighted by Gasteiger charge is -2.39. The topological polar surface area (TPSA) is 99.3 Å². The van der Waals surface area contributed by atoms with Crippen molar-refractivity contribution in [3.05, 3.63) is 32.6 Å². The molecule has 3 atom stereocenters. The monoisotopic (exact) mass is 355 g/mol. The first-order valence-corrected chi connectivity index (χ1v) is 11.2. The molecule has 24 heavy (non-hydrogen) atoms. The Morgan fingerprint density at radius 3 is 2.58 bits per heavy atom. The van der Waals surface area contributed by atoms with Crippen LogP contribution in [0, 0.1) is 6.92 Å². The van der Waals surface area contributed by atoms with Crippen molar-refractivity contribution in [2.24, 2.45) is 5.73 Å². The summed E-state index contributed by atoms with van der Waals surface area (Å²) in [5, 5.41) is 0.0790. The lowest BCUT2D eigenvalue weighted by Crippen LogP contribution is -2.47. The predicted octanol–water partition coefficient (Wildman–Crippen LogP) is 1.48. The first-order chi connectivity index (χ1) is 11.0. The Morgan fingerprint density at radius 1 is 1.42 bits per heavy atom. The summed E-state index contributed by atoms with van der Waals surface area (Å²) in [6.07, 6.45) is 1.19. The van der Waals surface area contributed by atoms with Crippen LogP contribution >= 0.6 is 0 Å². The maximum Gasteiger partial charge on any atom is 0.330 e. The summed E-state index contributed by atoms with van der Waals surface area (Å²) in [6, 6.07) is 0. The van der Waals surface area contributed by atoms with Crippen molar-refractivity contribution >= 4 is 8.32 Å². The summed E-state index contributed by atoms with van der Waals surface area (Å²) in [6.45, 7) is 12.9. The molecular weight excluding hydrogens is 326 g/mol. The number of aromatic amines is 1. The van der Waals surface area contributed by atoms with Gasteiger partial charge in [-0.2, -0.15) is 0 Å². The fraction of sp³-hybridized carbons (Fsp3) is 0.750. The second-order valence-corrected chi connectivity index (χ2v) is 12.8. The maximum absolute atomic E-state index is 12.1. The summed E-state index contributed by atoms with van der Waals surface area (Å²) in [5.41, 5.74) is 5.47. The summed E-state index contributed by atoms with van der Waals surface area (Å²) in [5.74, 6) is 0. The highest BCUT2D eigenvalue weighted by Crippen LogP contribution is 2.40. The number of nitrogens with two attached hydrogens (primary N) is 1. The quantitative estimate of drug-likeness (QED) is 0.797. The van der Waals surface area contributed by atoms with E-state index in [2.05, 4.69) is 38.8 Å². The highest BCUT2D eigenvalue weighted by molar-refractivity contribution is 6.74. The fourth-order valence-electron chi connectivity index (χ4n) is 2.56. The van der Waals surface area contributed by atoms with Gasteiger partial charge in [0.1, 0.15) is 6.23 Å². The molecule has 1 aromatic heterocycles. The molecule has 0 saturated carbocycles. The second kappa shape index (κ2) is 6.59. The van der Waals surface area contributed by atoms with Crippen molar-refractivity contribution in [1.29, 1.82) is 0 Å². The Balaban J connectivity index is 2.25. The number of nitrogens with one attached hydrogen (secondary N) is 1. The van der Waals surface area contributed by atoms with E-state index in [1.807, 2.05) is 0 Å². The average Bonchev–Trinajstić information content (AvgIpc) is 2.83. The van der Waals surface area contributed by atoms with Crippen molar-refractivity contribution < 1.29 is 9.16 Å². The smallest absolute Gasteiger partial charge is 0.330 e. The Morgan fingerprint density at radius 2 is 2.04 bits per heavy atom. The molecular formula is C16H29N3O4Si. The van der Waals surface area contributed by atoms with Gasteiger partial charge in [-0.25, -0.2) is 4.79 Å². The largest absolute Gasteiger partial charge is 0.411 e. The molecule has 2 heterocycles. The minimum absolute atomic E-state index is 0.0790. The lowest BCUT2D eigenvalue weighted by molar-refractivity contribution is -0.0133. The van der Waals surface area contributed by atoms with E-state index in [1.165, 1.54) is 10.8 Å². The van der Waals surface area contributed by atoms with Crippen LogP contribution in [0.5, 0.6) is 0 Å². The van der Waals surface area contributed by atoms with Crippen molar-refractivity contribution in [3.63, 3.8) is 0 Å². The summed E-state index contributed by atoms with van der Waals surface area (Å²) in [4.78, 5) is 25.9. The molecule has 1 aliphatic heterocycles. The molecule has 3 N–H and O–H groups in total. The van der Waals surface area contributed by atoms with Crippen LogP contribution in [0.3, 0.4) is 0 Å². The van der Waals surface area contributed by atoms with Gasteiger partial charge in [-0.3, -0.25) is 14.3 Å². The standard InChI is InChI=1S/C16H29N3O4Si/c1-10-9-19(15(21)18-14(10)20)13-7-11(12(8-17)22-13)23-24(5,6)16(2,3)4/h9,11-13H,7-8,17H2,1-6H3,(H,18,20,21)/t11-,12+,13+/m0/s1. The normalized spacial score (nSPS) is 25.2. The lowest BCUT2D eigenvalue weighted by atomic mass is 10.2. The van der Waals surface area contributed by atoms with Gasteiger partial charge in [-0.15, -0.1) is 0 Å². The molecule has 8 heteroatoms. The van der Waals surface area contributed by atoms with Crippen LogP contribution < -0.4 is 17.0 Å². The van der Waals surface area contributed by atoms with E-state index in [-0.39, 0.29) is 22.8 Å². The molecule has 136 valence electrons. The van der Waals surface area contributed by atoms with Crippen LogP contribution in [0.4, 0.5) is 0 Å². The zero-order valence-electron chi connectivity index (χ0n) is 15.4. The molecule has 0 spiro atoms. The van der Waals surface area contributed by atoms with E-state index in [4.69, 9.17) is 14.9 Å². The summed E-state index contributed by atoms with van der Waals surface area (Å²) < 4.78 is 13.8. The number of aromatic nitrogens is 2. The van der Waals surface area contributed by atoms with Gasteiger partial charge in [0.25, 0.3) is 5.56 Å². The molecule has 0 aromatic carbocycles. The SMILES string of the molecule is Cc1cn([C@H]2C[C@H](O[Si](C)(C)C(C)(C)C)[C@@H](CN)O2)c(=O)[nH]c1=O. The van der Waals surface area contributed by atoms with E-state index in [0.717, 1.165) is 0 Å². The van der Waals surface area contributed by atoms with Crippen LogP contribution in [0.1, 0.15) is 39.0 Å². The predicted molar refractivity (Wildman–Crippen MR) is 95.7 cm³/mol. The van der Waals surface area contributed by atoms with Gasteiger partial charge < -0.3 is 14.9 Å². The molecule has 0 bridgehead atoms. The Hall–Kier alpha value is -1.22. The molecule has 7 nitrogen and oxygen atoms in total. The molecule has 1 saturated heterocycles. The van der Waals surface area contributed by atoms with Crippen LogP contribution in [0.2, 0.25) is 18.1 Å². The van der Waals surface area contributed by atoms with Gasteiger partial charge in [0, 0.05) is 24.7 Å². The van der Waals surface area contributed by atoms with Crippen molar-refractivity contribution in [2.45, 2.75) is 70.7 Å². The maximum atomic E-state index is 12.1. The highest BCUT2D eigenvalue weighted by atomic mass is 28.4. The molecule has 0 aliphatic carbocycles. The van der Waals surface area contributed by atoms with Crippen LogP contribution in [0.25, 0.3) is 0 Å². The van der Waals surface area contributed by atoms with Gasteiger partial charge in [0.05, 0.1) is 12.2 Å². The molecule has 2 rings (SSSR count). The third kappa shape index (κ3) is 3.71. The number of nitrogens with zero attached hydrogens (tertiary/aromatic N) is 1. The number of hydrogen-bond donors (Lipinski definition) is 2. The number of hydrogen-bond acceptors (Lipinski definition) is 5. The number of H-pyrrole nitrogens is 1. The van der Waals surface area contributed by atoms with Crippen LogP contribution in [-0.4, -0.2) is 36.6 Å². The van der Waals surface area contributed by atoms with Gasteiger partial charge >= 0.3 is 5.69 Å². The Kier molecular flexibility index (Phi) is 5.24. The van der Waals surface area contributed by atoms with Crippen LogP contribution in [0.15, 0.2) is 15.8 Å². The van der Waals surface area contributed by atoms with Gasteiger partial charge in [0.15, 0.2) is 8.32 Å². The minimum atomic E-state index is -1.97. The number of rotatable bonds is 4. The van der Waals surface area contributed by atoms with E-state index < -0.39 is 20.2 Å². The summed E-state index contributed by atoms with van der Waals surface area (Å²) in [7, 11) is -1.97. The number of ether oxygens (including phenoxy) is 1. The molecule has 0 amide bonds. The zero-order valence-corrected chi connectivity index (χ0v) is 16.4. The Bertz CT molecular complexity index is 704. The van der Waals surface area contributed by atoms with E-state index in [1.54, 1.807) is 6.92 Å². The minimum Gasteiger partial charge on any atom is -0.411 e. The second-order valence-electron chi connectivity index (χ2n) is 8.00. The molecule has 1 aromatic rings. The first-order valence-electron chi connectivity index (χ1n) is 8.31.